The van der Waals surface area contributed by atoms with Crippen LogP contribution < -0.4 is 4.74 Å². The summed E-state index contributed by atoms with van der Waals surface area (Å²) in [6, 6.07) is 12.7. The van der Waals surface area contributed by atoms with Crippen molar-refractivity contribution >= 4 is 11.8 Å². The van der Waals surface area contributed by atoms with Crippen LogP contribution in [-0.2, 0) is 12.3 Å². The molecule has 0 N–H and O–H groups in total. The summed E-state index contributed by atoms with van der Waals surface area (Å²) in [4.78, 5) is 0. The molecule has 0 radical (unpaired) electrons. The minimum atomic E-state index is -2.87. The smallest absolute Gasteiger partial charge is 0.387 e. The van der Waals surface area contributed by atoms with Crippen LogP contribution in [0.15, 0.2) is 66.3 Å². The van der Waals surface area contributed by atoms with Crippen LogP contribution in [0.4, 0.5) is 13.2 Å². The first-order valence-electron chi connectivity index (χ1n) is 8.04. The molecule has 0 aliphatic rings. The summed E-state index contributed by atoms with van der Waals surface area (Å²) in [5, 5.41) is 8.99. The molecule has 1 aromatic heterocycles. The molecule has 0 saturated carbocycles. The second-order valence-corrected chi connectivity index (χ2v) is 6.43. The van der Waals surface area contributed by atoms with Gasteiger partial charge in [-0.1, -0.05) is 36.0 Å². The first kappa shape index (κ1) is 19.0. The van der Waals surface area contributed by atoms with E-state index in [0.717, 1.165) is 0 Å². The van der Waals surface area contributed by atoms with Crippen molar-refractivity contribution in [2.24, 2.45) is 0 Å². The van der Waals surface area contributed by atoms with Crippen LogP contribution in [-0.4, -0.2) is 21.4 Å². The SMILES string of the molecule is C=CCn1c(SCc2ccccc2F)nnc1-c1ccc(OC(F)F)cc1. The predicted octanol–water partition coefficient (Wildman–Crippen LogP) is 5.16. The molecule has 2 aromatic carbocycles. The van der Waals surface area contributed by atoms with Gasteiger partial charge in [-0.3, -0.25) is 4.57 Å². The number of aromatic nitrogens is 3. The van der Waals surface area contributed by atoms with Crippen molar-refractivity contribution in [2.45, 2.75) is 24.1 Å². The maximum Gasteiger partial charge on any atom is 0.387 e. The second kappa shape index (κ2) is 8.77. The van der Waals surface area contributed by atoms with Gasteiger partial charge in [-0.25, -0.2) is 4.39 Å². The third-order valence-corrected chi connectivity index (χ3v) is 4.70. The van der Waals surface area contributed by atoms with Crippen molar-refractivity contribution in [3.63, 3.8) is 0 Å². The Morgan fingerprint density at radius 2 is 1.85 bits per heavy atom. The molecular weight excluding hydrogens is 375 g/mol. The van der Waals surface area contributed by atoms with E-state index in [-0.39, 0.29) is 11.6 Å². The van der Waals surface area contributed by atoms with E-state index < -0.39 is 6.61 Å². The molecule has 4 nitrogen and oxygen atoms in total. The van der Waals surface area contributed by atoms with E-state index in [1.54, 1.807) is 36.4 Å². The Kier molecular flexibility index (Phi) is 6.18. The number of rotatable bonds is 8. The summed E-state index contributed by atoms with van der Waals surface area (Å²) in [5.74, 6) is 0.769. The number of halogens is 3. The van der Waals surface area contributed by atoms with Crippen LogP contribution in [0.2, 0.25) is 0 Å². The Balaban J connectivity index is 1.82. The number of alkyl halides is 2. The molecule has 3 rings (SSSR count). The fourth-order valence-electron chi connectivity index (χ4n) is 2.45. The molecule has 8 heteroatoms. The summed E-state index contributed by atoms with van der Waals surface area (Å²) in [7, 11) is 0. The van der Waals surface area contributed by atoms with Crippen LogP contribution in [0, 0.1) is 5.82 Å². The zero-order valence-corrected chi connectivity index (χ0v) is 15.0. The molecule has 0 bridgehead atoms. The van der Waals surface area contributed by atoms with E-state index in [9.17, 15) is 13.2 Å². The van der Waals surface area contributed by atoms with Gasteiger partial charge < -0.3 is 4.74 Å². The first-order chi connectivity index (χ1) is 13.1. The molecule has 0 unspecified atom stereocenters. The van der Waals surface area contributed by atoms with Gasteiger partial charge in [-0.05, 0) is 35.9 Å². The summed E-state index contributed by atoms with van der Waals surface area (Å²) >= 11 is 1.36. The van der Waals surface area contributed by atoms with Crippen LogP contribution in [0.3, 0.4) is 0 Å². The van der Waals surface area contributed by atoms with Gasteiger partial charge in [-0.15, -0.1) is 16.8 Å². The molecule has 3 aromatic rings. The lowest BCUT2D eigenvalue weighted by molar-refractivity contribution is -0.0498. The zero-order chi connectivity index (χ0) is 19.2. The lowest BCUT2D eigenvalue weighted by atomic mass is 10.2. The lowest BCUT2D eigenvalue weighted by Crippen LogP contribution is -2.02. The minimum Gasteiger partial charge on any atom is -0.435 e. The molecular formula is C19H16F3N3OS. The van der Waals surface area contributed by atoms with E-state index in [1.165, 1.54) is 30.0 Å². The number of nitrogens with zero attached hydrogens (tertiary/aromatic N) is 3. The molecule has 1 heterocycles. The highest BCUT2D eigenvalue weighted by Crippen LogP contribution is 2.28. The highest BCUT2D eigenvalue weighted by Gasteiger charge is 2.15. The van der Waals surface area contributed by atoms with Crippen LogP contribution in [0.1, 0.15) is 5.56 Å². The van der Waals surface area contributed by atoms with Gasteiger partial charge in [0.1, 0.15) is 11.6 Å². The van der Waals surface area contributed by atoms with Crippen molar-refractivity contribution in [1.82, 2.24) is 14.8 Å². The van der Waals surface area contributed by atoms with E-state index >= 15 is 0 Å². The Hall–Kier alpha value is -2.74. The Morgan fingerprint density at radius 3 is 2.52 bits per heavy atom. The number of thioether (sulfide) groups is 1. The van der Waals surface area contributed by atoms with Crippen LogP contribution >= 0.6 is 11.8 Å². The number of allylic oxidation sites excluding steroid dienone is 1. The molecule has 0 spiro atoms. The van der Waals surface area contributed by atoms with Gasteiger partial charge in [-0.2, -0.15) is 8.78 Å². The summed E-state index contributed by atoms with van der Waals surface area (Å²) in [6.07, 6.45) is 1.70. The highest BCUT2D eigenvalue weighted by molar-refractivity contribution is 7.98. The average Bonchev–Trinajstić information content (AvgIpc) is 3.04. The summed E-state index contributed by atoms with van der Waals surface area (Å²) in [5.41, 5.74) is 1.27. The maximum absolute atomic E-state index is 13.8. The molecule has 0 fully saturated rings. The zero-order valence-electron chi connectivity index (χ0n) is 14.2. The average molecular weight is 391 g/mol. The minimum absolute atomic E-state index is 0.0673. The largest absolute Gasteiger partial charge is 0.435 e. The summed E-state index contributed by atoms with van der Waals surface area (Å²) < 4.78 is 44.5. The van der Waals surface area contributed by atoms with Crippen molar-refractivity contribution in [1.29, 1.82) is 0 Å². The van der Waals surface area contributed by atoms with E-state index in [1.807, 2.05) is 4.57 Å². The third-order valence-electron chi connectivity index (χ3n) is 3.68. The molecule has 0 aliphatic heterocycles. The molecule has 140 valence electrons. The topological polar surface area (TPSA) is 39.9 Å². The Labute approximate surface area is 158 Å². The Morgan fingerprint density at radius 1 is 1.11 bits per heavy atom. The van der Waals surface area contributed by atoms with E-state index in [0.29, 0.717) is 34.4 Å². The highest BCUT2D eigenvalue weighted by atomic mass is 32.2. The van der Waals surface area contributed by atoms with Crippen LogP contribution in [0.5, 0.6) is 5.75 Å². The molecule has 0 aliphatic carbocycles. The fraction of sp³-hybridized carbons (Fsp3) is 0.158. The molecule has 0 amide bonds. The van der Waals surface area contributed by atoms with Crippen molar-refractivity contribution in [3.8, 4) is 17.1 Å². The maximum atomic E-state index is 13.8. The van der Waals surface area contributed by atoms with Crippen molar-refractivity contribution in [3.05, 3.63) is 72.6 Å². The van der Waals surface area contributed by atoms with Gasteiger partial charge in [0.2, 0.25) is 0 Å². The van der Waals surface area contributed by atoms with E-state index in [4.69, 9.17) is 0 Å². The van der Waals surface area contributed by atoms with Gasteiger partial charge in [0.15, 0.2) is 11.0 Å². The van der Waals surface area contributed by atoms with E-state index in [2.05, 4.69) is 21.5 Å². The van der Waals surface area contributed by atoms with Gasteiger partial charge in [0.25, 0.3) is 0 Å². The fourth-order valence-corrected chi connectivity index (χ4v) is 3.38. The quantitative estimate of drug-likeness (QED) is 0.393. The van der Waals surface area contributed by atoms with Crippen LogP contribution in [0.25, 0.3) is 11.4 Å². The molecule has 27 heavy (non-hydrogen) atoms. The number of hydrogen-bond acceptors (Lipinski definition) is 4. The Bertz CT molecular complexity index is 913. The number of hydrogen-bond donors (Lipinski definition) is 0. The van der Waals surface area contributed by atoms with Gasteiger partial charge >= 0.3 is 6.61 Å². The number of benzene rings is 2. The third kappa shape index (κ3) is 4.71. The predicted molar refractivity (Wildman–Crippen MR) is 98.2 cm³/mol. The van der Waals surface area contributed by atoms with Crippen molar-refractivity contribution < 1.29 is 17.9 Å². The normalized spacial score (nSPS) is 11.0. The van der Waals surface area contributed by atoms with Gasteiger partial charge in [0.05, 0.1) is 0 Å². The standard InChI is InChI=1S/C19H16F3N3OS/c1-2-11-25-17(13-7-9-15(10-8-13)26-18(21)22)23-24-19(25)27-12-14-5-3-4-6-16(14)20/h2-10,18H,1,11-12H2. The summed E-state index contributed by atoms with van der Waals surface area (Å²) in [6.45, 7) is 1.32. The molecule has 0 saturated heterocycles. The monoisotopic (exact) mass is 391 g/mol. The second-order valence-electron chi connectivity index (χ2n) is 5.49. The van der Waals surface area contributed by atoms with Gasteiger partial charge in [0, 0.05) is 17.9 Å². The molecule has 0 atom stereocenters. The first-order valence-corrected chi connectivity index (χ1v) is 9.02. The van der Waals surface area contributed by atoms with Crippen molar-refractivity contribution in [2.75, 3.05) is 0 Å². The lowest BCUT2D eigenvalue weighted by Gasteiger charge is -2.09. The number of ether oxygens (including phenoxy) is 1.